The average Bonchev–Trinajstić information content (AvgIpc) is 2.90. The Labute approximate surface area is 219 Å². The molecule has 7 heteroatoms. The molecule has 0 saturated carbocycles. The number of rotatable bonds is 15. The number of ether oxygens (including phenoxy) is 5. The molecular formula is C30H37NO6. The second-order valence-corrected chi connectivity index (χ2v) is 8.47. The predicted octanol–water partition coefficient (Wildman–Crippen LogP) is 6.01. The van der Waals surface area contributed by atoms with E-state index in [-0.39, 0.29) is 6.61 Å². The van der Waals surface area contributed by atoms with Crippen LogP contribution in [0.1, 0.15) is 28.4 Å². The lowest BCUT2D eigenvalue weighted by Crippen LogP contribution is -2.15. The smallest absolute Gasteiger partial charge is 0.341 e. The van der Waals surface area contributed by atoms with E-state index >= 15 is 0 Å². The number of nitrogens with zero attached hydrogens (tertiary/aromatic N) is 1. The molecule has 0 aromatic heterocycles. The molecule has 3 aromatic carbocycles. The summed E-state index contributed by atoms with van der Waals surface area (Å²) in [6.45, 7) is 8.88. The van der Waals surface area contributed by atoms with Gasteiger partial charge in [-0.1, -0.05) is 35.4 Å². The summed E-state index contributed by atoms with van der Waals surface area (Å²) in [7, 11) is 1.64. The quantitative estimate of drug-likeness (QED) is 0.184. The van der Waals surface area contributed by atoms with E-state index in [1.165, 1.54) is 11.1 Å². The Morgan fingerprint density at radius 1 is 0.703 bits per heavy atom. The monoisotopic (exact) mass is 507 g/mol. The molecule has 0 amide bonds. The van der Waals surface area contributed by atoms with E-state index in [1.807, 2.05) is 18.2 Å². The van der Waals surface area contributed by atoms with Gasteiger partial charge in [0.2, 0.25) is 0 Å². The molecule has 0 aliphatic rings. The fourth-order valence-corrected chi connectivity index (χ4v) is 3.66. The maximum absolute atomic E-state index is 12.9. The van der Waals surface area contributed by atoms with Crippen molar-refractivity contribution in [3.8, 4) is 5.75 Å². The first-order valence-electron chi connectivity index (χ1n) is 12.6. The van der Waals surface area contributed by atoms with Gasteiger partial charge >= 0.3 is 5.97 Å². The lowest BCUT2D eigenvalue weighted by atomic mass is 10.1. The van der Waals surface area contributed by atoms with E-state index < -0.39 is 5.97 Å². The topological polar surface area (TPSA) is 66.5 Å². The molecule has 0 N–H and O–H groups in total. The van der Waals surface area contributed by atoms with Crippen LogP contribution < -0.4 is 9.64 Å². The third kappa shape index (κ3) is 8.60. The number of methoxy groups -OCH3 is 1. The van der Waals surface area contributed by atoms with Gasteiger partial charge in [0.05, 0.1) is 39.6 Å². The fraction of sp³-hybridized carbons (Fsp3) is 0.367. The summed E-state index contributed by atoms with van der Waals surface area (Å²) in [5, 5.41) is 0. The number of aryl methyl sites for hydroxylation is 2. The molecular weight excluding hydrogens is 470 g/mol. The molecule has 0 radical (unpaired) electrons. The van der Waals surface area contributed by atoms with Crippen molar-refractivity contribution in [2.24, 2.45) is 0 Å². The molecule has 198 valence electrons. The molecule has 0 aliphatic carbocycles. The highest BCUT2D eigenvalue weighted by Gasteiger charge is 2.19. The Bertz CT molecular complexity index is 1050. The Balaban J connectivity index is 1.79. The van der Waals surface area contributed by atoms with Gasteiger partial charge in [-0.2, -0.15) is 0 Å². The van der Waals surface area contributed by atoms with Crippen molar-refractivity contribution in [2.75, 3.05) is 58.3 Å². The summed E-state index contributed by atoms with van der Waals surface area (Å²) in [6.07, 6.45) is 0. The van der Waals surface area contributed by atoms with Crippen molar-refractivity contribution >= 4 is 23.0 Å². The Hall–Kier alpha value is -3.39. The zero-order chi connectivity index (χ0) is 26.5. The maximum atomic E-state index is 12.9. The zero-order valence-electron chi connectivity index (χ0n) is 22.2. The third-order valence-electron chi connectivity index (χ3n) is 5.59. The van der Waals surface area contributed by atoms with E-state index in [4.69, 9.17) is 23.7 Å². The summed E-state index contributed by atoms with van der Waals surface area (Å²) in [6, 6.07) is 22.1. The molecule has 0 spiro atoms. The van der Waals surface area contributed by atoms with Gasteiger partial charge in [-0.3, -0.25) is 0 Å². The van der Waals surface area contributed by atoms with Gasteiger partial charge in [-0.25, -0.2) is 4.79 Å². The number of esters is 1. The number of carbonyl (C=O) groups is 1. The standard InChI is InChI=1S/C30H37NO6/c1-5-36-30(32)28-22-27(14-15-29(28)37-21-20-35-19-18-34-17-16-33-4)31(25-10-6-23(2)7-11-25)26-12-8-24(3)9-13-26/h6-15,22H,5,16-21H2,1-4H3. The second kappa shape index (κ2) is 15.0. The molecule has 7 nitrogen and oxygen atoms in total. The van der Waals surface area contributed by atoms with Gasteiger partial charge in [0.15, 0.2) is 0 Å². The molecule has 3 aromatic rings. The average molecular weight is 508 g/mol. The molecule has 0 aliphatic heterocycles. The molecule has 0 atom stereocenters. The van der Waals surface area contributed by atoms with Crippen molar-refractivity contribution in [1.82, 2.24) is 0 Å². The second-order valence-electron chi connectivity index (χ2n) is 8.47. The minimum absolute atomic E-state index is 0.272. The lowest BCUT2D eigenvalue weighted by Gasteiger charge is -2.26. The lowest BCUT2D eigenvalue weighted by molar-refractivity contribution is 0.0178. The molecule has 0 unspecified atom stereocenters. The minimum atomic E-state index is -0.431. The highest BCUT2D eigenvalue weighted by molar-refractivity contribution is 5.94. The predicted molar refractivity (Wildman–Crippen MR) is 146 cm³/mol. The van der Waals surface area contributed by atoms with E-state index in [0.29, 0.717) is 51.0 Å². The molecule has 0 bridgehead atoms. The minimum Gasteiger partial charge on any atom is -0.490 e. The Morgan fingerprint density at radius 3 is 1.76 bits per heavy atom. The highest BCUT2D eigenvalue weighted by atomic mass is 16.6. The van der Waals surface area contributed by atoms with Crippen LogP contribution in [0.4, 0.5) is 17.1 Å². The normalized spacial score (nSPS) is 10.8. The van der Waals surface area contributed by atoms with E-state index in [9.17, 15) is 4.79 Å². The summed E-state index contributed by atoms with van der Waals surface area (Å²) in [5.74, 6) is 0.0227. The molecule has 37 heavy (non-hydrogen) atoms. The summed E-state index contributed by atoms with van der Waals surface area (Å²) in [5.41, 5.74) is 5.51. The van der Waals surface area contributed by atoms with Crippen LogP contribution in [-0.4, -0.2) is 59.3 Å². The van der Waals surface area contributed by atoms with Gasteiger partial charge in [0.25, 0.3) is 0 Å². The number of benzene rings is 3. The van der Waals surface area contributed by atoms with E-state index in [0.717, 1.165) is 17.1 Å². The van der Waals surface area contributed by atoms with Crippen molar-refractivity contribution < 1.29 is 28.5 Å². The number of anilines is 3. The summed E-state index contributed by atoms with van der Waals surface area (Å²) in [4.78, 5) is 15.0. The van der Waals surface area contributed by atoms with Crippen molar-refractivity contribution in [1.29, 1.82) is 0 Å². The summed E-state index contributed by atoms with van der Waals surface area (Å²) < 4.78 is 27.2. The first kappa shape index (κ1) is 28.2. The van der Waals surface area contributed by atoms with Crippen LogP contribution in [0, 0.1) is 13.8 Å². The van der Waals surface area contributed by atoms with Crippen molar-refractivity contribution in [3.63, 3.8) is 0 Å². The first-order valence-corrected chi connectivity index (χ1v) is 12.6. The van der Waals surface area contributed by atoms with Gasteiger partial charge in [0.1, 0.15) is 17.9 Å². The van der Waals surface area contributed by atoms with Crippen LogP contribution in [0.25, 0.3) is 0 Å². The van der Waals surface area contributed by atoms with Crippen LogP contribution in [0.2, 0.25) is 0 Å². The van der Waals surface area contributed by atoms with Gasteiger partial charge in [0, 0.05) is 24.2 Å². The van der Waals surface area contributed by atoms with Crippen LogP contribution >= 0.6 is 0 Å². The van der Waals surface area contributed by atoms with E-state index in [2.05, 4.69) is 67.3 Å². The molecule has 0 heterocycles. The van der Waals surface area contributed by atoms with Gasteiger partial charge in [-0.05, 0) is 63.2 Å². The highest BCUT2D eigenvalue weighted by Crippen LogP contribution is 2.37. The Kier molecular flexibility index (Phi) is 11.4. The Morgan fingerprint density at radius 2 is 1.22 bits per heavy atom. The van der Waals surface area contributed by atoms with E-state index in [1.54, 1.807) is 14.0 Å². The maximum Gasteiger partial charge on any atom is 0.341 e. The van der Waals surface area contributed by atoms with Gasteiger partial charge < -0.3 is 28.6 Å². The number of carbonyl (C=O) groups excluding carboxylic acids is 1. The van der Waals surface area contributed by atoms with Gasteiger partial charge in [-0.15, -0.1) is 0 Å². The van der Waals surface area contributed by atoms with Crippen molar-refractivity contribution in [2.45, 2.75) is 20.8 Å². The number of hydrogen-bond acceptors (Lipinski definition) is 7. The fourth-order valence-electron chi connectivity index (χ4n) is 3.66. The molecule has 0 saturated heterocycles. The van der Waals surface area contributed by atoms with Crippen molar-refractivity contribution in [3.05, 3.63) is 83.4 Å². The molecule has 3 rings (SSSR count). The van der Waals surface area contributed by atoms with Crippen LogP contribution in [0.15, 0.2) is 66.7 Å². The third-order valence-corrected chi connectivity index (χ3v) is 5.59. The first-order chi connectivity index (χ1) is 18.0. The SMILES string of the molecule is CCOC(=O)c1cc(N(c2ccc(C)cc2)c2ccc(C)cc2)ccc1OCCOCCOCCOC. The zero-order valence-corrected chi connectivity index (χ0v) is 22.2. The van der Waals surface area contributed by atoms with Crippen LogP contribution in [-0.2, 0) is 18.9 Å². The van der Waals surface area contributed by atoms with Crippen LogP contribution in [0.5, 0.6) is 5.75 Å². The van der Waals surface area contributed by atoms with Crippen LogP contribution in [0.3, 0.4) is 0 Å². The number of hydrogen-bond donors (Lipinski definition) is 0. The molecule has 0 fully saturated rings. The largest absolute Gasteiger partial charge is 0.490 e. The summed E-state index contributed by atoms with van der Waals surface area (Å²) >= 11 is 0.